The maximum absolute atomic E-state index is 12.7. The summed E-state index contributed by atoms with van der Waals surface area (Å²) in [5.41, 5.74) is 5.39. The highest BCUT2D eigenvalue weighted by Gasteiger charge is 2.26. The average Bonchev–Trinajstić information content (AvgIpc) is 3.40. The Bertz CT molecular complexity index is 1320. The van der Waals surface area contributed by atoms with Gasteiger partial charge in [0, 0.05) is 19.4 Å². The van der Waals surface area contributed by atoms with Crippen molar-refractivity contribution in [1.82, 2.24) is 0 Å². The minimum atomic E-state index is -4.39. The molecule has 0 amide bonds. The minimum Gasteiger partial charge on any atom is -0.462 e. The minimum absolute atomic E-state index is 0.0553. The Morgan fingerprint density at radius 2 is 0.693 bits per heavy atom. The van der Waals surface area contributed by atoms with Gasteiger partial charge in [0.2, 0.25) is 0 Å². The standard InChI is InChI=1S/C65H124NO8P/c1-3-5-7-9-11-13-15-17-19-21-23-25-27-29-30-31-32-34-36-38-40-42-44-46-48-50-52-54-56-58-65(68)74-63(62-73-75(69,70)72-60-59-66)61-71-64(67)57-55-53-51-49-47-45-43-41-39-37-35-33-28-26-24-22-20-18-16-14-12-10-8-6-4-2/h15,17,21-24,63H,3-14,16,18-20,25-62,66H2,1-2H3,(H,69,70)/b17-15-,23-21-,24-22-. The van der Waals surface area contributed by atoms with E-state index >= 15 is 0 Å². The quantitative estimate of drug-likeness (QED) is 0.0264. The third kappa shape index (κ3) is 61.3. The Morgan fingerprint density at radius 3 is 1.03 bits per heavy atom. The van der Waals surface area contributed by atoms with Crippen molar-refractivity contribution in [2.75, 3.05) is 26.4 Å². The smallest absolute Gasteiger partial charge is 0.462 e. The van der Waals surface area contributed by atoms with Crippen LogP contribution in [0, 0.1) is 0 Å². The van der Waals surface area contributed by atoms with Crippen LogP contribution in [-0.4, -0.2) is 49.3 Å². The van der Waals surface area contributed by atoms with Gasteiger partial charge < -0.3 is 20.1 Å². The van der Waals surface area contributed by atoms with Gasteiger partial charge in [-0.05, 0) is 70.6 Å². The number of rotatable bonds is 62. The van der Waals surface area contributed by atoms with E-state index in [4.69, 9.17) is 24.3 Å². The maximum atomic E-state index is 12.7. The van der Waals surface area contributed by atoms with E-state index in [0.29, 0.717) is 6.42 Å². The normalized spacial score (nSPS) is 13.2. The molecule has 0 aromatic carbocycles. The molecule has 0 bridgehead atoms. The van der Waals surface area contributed by atoms with Crippen LogP contribution < -0.4 is 5.73 Å². The Balaban J connectivity index is 3.88. The molecule has 9 nitrogen and oxygen atoms in total. The molecule has 0 aliphatic heterocycles. The predicted molar refractivity (Wildman–Crippen MR) is 321 cm³/mol. The average molecular weight is 1080 g/mol. The lowest BCUT2D eigenvalue weighted by molar-refractivity contribution is -0.161. The number of hydrogen-bond acceptors (Lipinski definition) is 8. The lowest BCUT2D eigenvalue weighted by Crippen LogP contribution is -2.29. The summed E-state index contributed by atoms with van der Waals surface area (Å²) in [6.07, 6.45) is 75.1. The summed E-state index contributed by atoms with van der Waals surface area (Å²) >= 11 is 0. The molecule has 0 radical (unpaired) electrons. The van der Waals surface area contributed by atoms with Crippen LogP contribution in [0.25, 0.3) is 0 Å². The zero-order valence-electron chi connectivity index (χ0n) is 49.6. The van der Waals surface area contributed by atoms with Crippen LogP contribution in [0.15, 0.2) is 36.5 Å². The van der Waals surface area contributed by atoms with E-state index in [1.54, 1.807) is 0 Å². The third-order valence-corrected chi connectivity index (χ3v) is 15.5. The van der Waals surface area contributed by atoms with Crippen LogP contribution in [-0.2, 0) is 32.7 Å². The lowest BCUT2D eigenvalue weighted by Gasteiger charge is -2.19. The second kappa shape index (κ2) is 61.4. The number of carbonyl (C=O) groups excluding carboxylic acids is 2. The number of allylic oxidation sites excluding steroid dienone is 6. The highest BCUT2D eigenvalue weighted by molar-refractivity contribution is 7.47. The predicted octanol–water partition coefficient (Wildman–Crippen LogP) is 20.7. The molecule has 0 fully saturated rings. The molecule has 442 valence electrons. The zero-order chi connectivity index (χ0) is 54.5. The van der Waals surface area contributed by atoms with Crippen molar-refractivity contribution in [2.24, 2.45) is 5.73 Å². The second-order valence-corrected chi connectivity index (χ2v) is 23.4. The van der Waals surface area contributed by atoms with E-state index in [1.807, 2.05) is 0 Å². The van der Waals surface area contributed by atoms with Crippen molar-refractivity contribution in [3.05, 3.63) is 36.5 Å². The number of hydrogen-bond donors (Lipinski definition) is 2. The first-order valence-corrected chi connectivity index (χ1v) is 34.0. The molecule has 0 aromatic heterocycles. The molecule has 10 heteroatoms. The SMILES string of the molecule is CCCCCCC/C=C\C/C=C\CCCCCCCCCCCCCCCCCCCC(=O)OC(COC(=O)CCCCCCCCCCCCCCC/C=C\CCCCCCCCCC)COP(=O)(O)OCCN. The van der Waals surface area contributed by atoms with Gasteiger partial charge >= 0.3 is 19.8 Å². The molecular weight excluding hydrogens is 954 g/mol. The molecule has 3 N–H and O–H groups in total. The number of unbranched alkanes of at least 4 members (excludes halogenated alkanes) is 43. The molecular formula is C65H124NO8P. The van der Waals surface area contributed by atoms with Gasteiger partial charge in [-0.2, -0.15) is 0 Å². The molecule has 2 unspecified atom stereocenters. The van der Waals surface area contributed by atoms with Crippen molar-refractivity contribution in [3.63, 3.8) is 0 Å². The van der Waals surface area contributed by atoms with Crippen LogP contribution in [0.5, 0.6) is 0 Å². The van der Waals surface area contributed by atoms with E-state index in [1.165, 1.54) is 263 Å². The maximum Gasteiger partial charge on any atom is 0.472 e. The van der Waals surface area contributed by atoms with Crippen LogP contribution in [0.3, 0.4) is 0 Å². The van der Waals surface area contributed by atoms with E-state index < -0.39 is 26.5 Å². The van der Waals surface area contributed by atoms with E-state index in [9.17, 15) is 19.0 Å². The Morgan fingerprint density at radius 1 is 0.400 bits per heavy atom. The highest BCUT2D eigenvalue weighted by atomic mass is 31.2. The number of nitrogens with two attached hydrogens (primary N) is 1. The van der Waals surface area contributed by atoms with Gasteiger partial charge in [0.15, 0.2) is 6.10 Å². The van der Waals surface area contributed by atoms with Crippen molar-refractivity contribution < 1.29 is 37.6 Å². The summed E-state index contributed by atoms with van der Waals surface area (Å²) < 4.78 is 33.1. The second-order valence-electron chi connectivity index (χ2n) is 22.0. The fourth-order valence-electron chi connectivity index (χ4n) is 9.67. The molecule has 0 saturated heterocycles. The molecule has 0 heterocycles. The van der Waals surface area contributed by atoms with Crippen LogP contribution >= 0.6 is 7.82 Å². The molecule has 2 atom stereocenters. The summed E-state index contributed by atoms with van der Waals surface area (Å²) in [7, 11) is -4.39. The number of carbonyl (C=O) groups is 2. The number of esters is 2. The summed E-state index contributed by atoms with van der Waals surface area (Å²) in [6, 6.07) is 0. The van der Waals surface area contributed by atoms with Crippen molar-refractivity contribution in [2.45, 2.75) is 341 Å². The molecule has 0 aliphatic carbocycles. The van der Waals surface area contributed by atoms with Crippen molar-refractivity contribution in [1.29, 1.82) is 0 Å². The largest absolute Gasteiger partial charge is 0.472 e. The van der Waals surface area contributed by atoms with E-state index in [-0.39, 0.29) is 38.6 Å². The first-order chi connectivity index (χ1) is 36.8. The first-order valence-electron chi connectivity index (χ1n) is 32.5. The molecule has 0 spiro atoms. The monoisotopic (exact) mass is 1080 g/mol. The molecule has 0 rings (SSSR count). The summed E-state index contributed by atoms with van der Waals surface area (Å²) in [4.78, 5) is 35.3. The van der Waals surface area contributed by atoms with Gasteiger partial charge in [0.25, 0.3) is 0 Å². The fourth-order valence-corrected chi connectivity index (χ4v) is 10.4. The zero-order valence-corrected chi connectivity index (χ0v) is 50.4. The van der Waals surface area contributed by atoms with E-state index in [2.05, 4.69) is 50.3 Å². The van der Waals surface area contributed by atoms with Crippen LogP contribution in [0.1, 0.15) is 335 Å². The number of ether oxygens (including phenoxy) is 2. The van der Waals surface area contributed by atoms with Gasteiger partial charge in [-0.25, -0.2) is 4.57 Å². The Hall–Kier alpha value is -1.77. The lowest BCUT2D eigenvalue weighted by atomic mass is 10.0. The molecule has 0 aliphatic rings. The highest BCUT2D eigenvalue weighted by Crippen LogP contribution is 2.43. The van der Waals surface area contributed by atoms with E-state index in [0.717, 1.165) is 38.5 Å². The molecule has 0 aromatic rings. The van der Waals surface area contributed by atoms with Gasteiger partial charge in [-0.3, -0.25) is 18.6 Å². The Labute approximate surface area is 464 Å². The number of phosphoric ester groups is 1. The third-order valence-electron chi connectivity index (χ3n) is 14.5. The van der Waals surface area contributed by atoms with Crippen molar-refractivity contribution >= 4 is 19.8 Å². The Kier molecular flexibility index (Phi) is 60.0. The summed E-state index contributed by atoms with van der Waals surface area (Å²) in [5, 5.41) is 0. The van der Waals surface area contributed by atoms with Crippen LogP contribution in [0.2, 0.25) is 0 Å². The fraction of sp³-hybridized carbons (Fsp3) is 0.877. The van der Waals surface area contributed by atoms with Crippen molar-refractivity contribution in [3.8, 4) is 0 Å². The van der Waals surface area contributed by atoms with Gasteiger partial charge in [-0.1, -0.05) is 288 Å². The molecule has 75 heavy (non-hydrogen) atoms. The first kappa shape index (κ1) is 73.2. The van der Waals surface area contributed by atoms with Gasteiger partial charge in [0.1, 0.15) is 6.61 Å². The van der Waals surface area contributed by atoms with Gasteiger partial charge in [0.05, 0.1) is 13.2 Å². The topological polar surface area (TPSA) is 134 Å². The number of phosphoric acid groups is 1. The van der Waals surface area contributed by atoms with Gasteiger partial charge in [-0.15, -0.1) is 0 Å². The summed E-state index contributed by atoms with van der Waals surface area (Å²) in [6.45, 7) is 3.79. The molecule has 0 saturated carbocycles. The summed E-state index contributed by atoms with van der Waals surface area (Å²) in [5.74, 6) is -0.810. The van der Waals surface area contributed by atoms with Crippen LogP contribution in [0.4, 0.5) is 0 Å².